The Morgan fingerprint density at radius 1 is 1.55 bits per heavy atom. The van der Waals surface area contributed by atoms with Crippen molar-refractivity contribution in [1.29, 1.82) is 0 Å². The number of nitrogens with one attached hydrogen (secondary N) is 2. The Labute approximate surface area is 114 Å². The maximum Gasteiger partial charge on any atom is 0.285 e. The number of rotatable bonds is 4. The highest BCUT2D eigenvalue weighted by Crippen LogP contribution is 2.23. The maximum absolute atomic E-state index is 12.0. The van der Waals surface area contributed by atoms with E-state index in [0.717, 1.165) is 0 Å². The number of aromatic amines is 1. The Kier molecular flexibility index (Phi) is 3.65. The van der Waals surface area contributed by atoms with E-state index in [1.807, 2.05) is 0 Å². The second-order valence-corrected chi connectivity index (χ2v) is 4.22. The van der Waals surface area contributed by atoms with E-state index in [1.54, 1.807) is 19.1 Å². The number of amides is 1. The number of aryl methyl sites for hydroxylation is 1. The summed E-state index contributed by atoms with van der Waals surface area (Å²) in [6.45, 7) is 1.73. The van der Waals surface area contributed by atoms with Gasteiger partial charge in [-0.1, -0.05) is 12.1 Å². The first-order chi connectivity index (χ1) is 9.50. The van der Waals surface area contributed by atoms with E-state index in [2.05, 4.69) is 15.5 Å². The minimum atomic E-state index is -0.559. The highest BCUT2D eigenvalue weighted by Gasteiger charge is 2.22. The number of carbonyl (C=O) groups is 1. The number of nitro groups is 1. The number of anilines is 1. The summed E-state index contributed by atoms with van der Waals surface area (Å²) in [5, 5.41) is 19.9. The zero-order valence-corrected chi connectivity index (χ0v) is 10.7. The normalized spacial score (nSPS) is 10.2. The first kappa shape index (κ1) is 13.5. The van der Waals surface area contributed by atoms with Gasteiger partial charge in [0.15, 0.2) is 0 Å². The minimum absolute atomic E-state index is 0.0251. The number of aromatic nitrogens is 2. The molecule has 2 rings (SSSR count). The molecule has 0 saturated heterocycles. The molecular weight excluding hydrogens is 262 g/mol. The van der Waals surface area contributed by atoms with Crippen LogP contribution in [0, 0.1) is 17.0 Å². The Morgan fingerprint density at radius 3 is 2.90 bits per heavy atom. The number of hydrogen-bond acceptors (Lipinski definition) is 5. The van der Waals surface area contributed by atoms with Gasteiger partial charge in [-0.05, 0) is 13.0 Å². The molecule has 1 amide bonds. The summed E-state index contributed by atoms with van der Waals surface area (Å²) in [5.41, 5.74) is 6.48. The monoisotopic (exact) mass is 275 g/mol. The van der Waals surface area contributed by atoms with Crippen molar-refractivity contribution in [2.24, 2.45) is 0 Å². The summed E-state index contributed by atoms with van der Waals surface area (Å²) >= 11 is 0. The van der Waals surface area contributed by atoms with Crippen LogP contribution in [-0.4, -0.2) is 21.0 Å². The third-order valence-electron chi connectivity index (χ3n) is 2.86. The molecule has 0 atom stereocenters. The molecule has 20 heavy (non-hydrogen) atoms. The SMILES string of the molecule is Cc1cccc(C(=O)NCc2cn[nH]c2N)c1[N+](=O)[O-]. The number of nitrogens with two attached hydrogens (primary N) is 1. The third kappa shape index (κ3) is 2.58. The molecular formula is C12H13N5O3. The number of hydrogen-bond donors (Lipinski definition) is 3. The number of nitrogen functional groups attached to an aromatic ring is 1. The molecule has 104 valence electrons. The predicted molar refractivity (Wildman–Crippen MR) is 72.0 cm³/mol. The molecule has 0 aliphatic rings. The van der Waals surface area contributed by atoms with Crippen LogP contribution in [0.2, 0.25) is 0 Å². The Hall–Kier alpha value is -2.90. The van der Waals surface area contributed by atoms with Gasteiger partial charge in [-0.25, -0.2) is 0 Å². The molecule has 1 aromatic heterocycles. The molecule has 1 aromatic carbocycles. The lowest BCUT2D eigenvalue weighted by atomic mass is 10.1. The fourth-order valence-electron chi connectivity index (χ4n) is 1.82. The van der Waals surface area contributed by atoms with Gasteiger partial charge in [-0.3, -0.25) is 20.0 Å². The van der Waals surface area contributed by atoms with Gasteiger partial charge in [0.25, 0.3) is 11.6 Å². The smallest absolute Gasteiger partial charge is 0.285 e. The third-order valence-corrected chi connectivity index (χ3v) is 2.86. The number of carbonyl (C=O) groups excluding carboxylic acids is 1. The van der Waals surface area contributed by atoms with Gasteiger partial charge in [0.2, 0.25) is 0 Å². The molecule has 0 unspecified atom stereocenters. The first-order valence-electron chi connectivity index (χ1n) is 5.80. The van der Waals surface area contributed by atoms with Crippen LogP contribution < -0.4 is 11.1 Å². The molecule has 1 heterocycles. The maximum atomic E-state index is 12.0. The number of para-hydroxylation sites is 1. The highest BCUT2D eigenvalue weighted by molar-refractivity contribution is 5.98. The summed E-state index contributed by atoms with van der Waals surface area (Å²) < 4.78 is 0. The van der Waals surface area contributed by atoms with Crippen molar-refractivity contribution in [1.82, 2.24) is 15.5 Å². The van der Waals surface area contributed by atoms with Crippen LogP contribution in [0.3, 0.4) is 0 Å². The zero-order chi connectivity index (χ0) is 14.7. The molecule has 0 saturated carbocycles. The number of nitro benzene ring substituents is 1. The number of H-pyrrole nitrogens is 1. The Bertz CT molecular complexity index is 665. The van der Waals surface area contributed by atoms with Crippen molar-refractivity contribution >= 4 is 17.4 Å². The predicted octanol–water partition coefficient (Wildman–Crippen LogP) is 1.14. The van der Waals surface area contributed by atoms with Crippen molar-refractivity contribution in [3.05, 3.63) is 51.2 Å². The summed E-state index contributed by atoms with van der Waals surface area (Å²) in [6, 6.07) is 4.60. The van der Waals surface area contributed by atoms with Crippen molar-refractivity contribution < 1.29 is 9.72 Å². The van der Waals surface area contributed by atoms with Gasteiger partial charge in [0.1, 0.15) is 11.4 Å². The lowest BCUT2D eigenvalue weighted by molar-refractivity contribution is -0.385. The molecule has 0 fully saturated rings. The fraction of sp³-hybridized carbons (Fsp3) is 0.167. The molecule has 0 radical (unpaired) electrons. The Balaban J connectivity index is 2.20. The average Bonchev–Trinajstić information content (AvgIpc) is 2.80. The van der Waals surface area contributed by atoms with Crippen LogP contribution in [0.5, 0.6) is 0 Å². The van der Waals surface area contributed by atoms with Crippen LogP contribution >= 0.6 is 0 Å². The van der Waals surface area contributed by atoms with Gasteiger partial charge in [-0.15, -0.1) is 0 Å². The molecule has 8 heteroatoms. The van der Waals surface area contributed by atoms with Crippen molar-refractivity contribution in [2.45, 2.75) is 13.5 Å². The molecule has 4 N–H and O–H groups in total. The van der Waals surface area contributed by atoms with Gasteiger partial charge in [0, 0.05) is 17.7 Å². The summed E-state index contributed by atoms with van der Waals surface area (Å²) in [4.78, 5) is 22.5. The average molecular weight is 275 g/mol. The standard InChI is InChI=1S/C12H13N5O3/c1-7-3-2-4-9(10(7)17(19)20)12(18)14-5-8-6-15-16-11(8)13/h2-4,6H,5H2,1H3,(H,14,18)(H3,13,15,16). The fourth-order valence-corrected chi connectivity index (χ4v) is 1.82. The van der Waals surface area contributed by atoms with E-state index in [9.17, 15) is 14.9 Å². The molecule has 0 spiro atoms. The van der Waals surface area contributed by atoms with E-state index < -0.39 is 10.8 Å². The molecule has 0 aliphatic heterocycles. The second-order valence-electron chi connectivity index (χ2n) is 4.22. The zero-order valence-electron chi connectivity index (χ0n) is 10.7. The van der Waals surface area contributed by atoms with Gasteiger partial charge >= 0.3 is 0 Å². The second kappa shape index (κ2) is 5.39. The highest BCUT2D eigenvalue weighted by atomic mass is 16.6. The first-order valence-corrected chi connectivity index (χ1v) is 5.80. The number of nitrogens with zero attached hydrogens (tertiary/aromatic N) is 2. The van der Waals surface area contributed by atoms with Crippen LogP contribution in [0.1, 0.15) is 21.5 Å². The van der Waals surface area contributed by atoms with Crippen LogP contribution in [0.25, 0.3) is 0 Å². The van der Waals surface area contributed by atoms with E-state index in [4.69, 9.17) is 5.73 Å². The van der Waals surface area contributed by atoms with E-state index >= 15 is 0 Å². The lowest BCUT2D eigenvalue weighted by Crippen LogP contribution is -2.24. The summed E-state index contributed by atoms with van der Waals surface area (Å²) in [5.74, 6) is -0.176. The number of benzene rings is 1. The van der Waals surface area contributed by atoms with E-state index in [1.165, 1.54) is 12.3 Å². The molecule has 2 aromatic rings. The largest absolute Gasteiger partial charge is 0.384 e. The van der Waals surface area contributed by atoms with Crippen LogP contribution in [0.15, 0.2) is 24.4 Å². The van der Waals surface area contributed by atoms with Crippen molar-refractivity contribution in [2.75, 3.05) is 5.73 Å². The van der Waals surface area contributed by atoms with Gasteiger partial charge < -0.3 is 11.1 Å². The topological polar surface area (TPSA) is 127 Å². The van der Waals surface area contributed by atoms with Crippen molar-refractivity contribution in [3.63, 3.8) is 0 Å². The van der Waals surface area contributed by atoms with Crippen LogP contribution in [0.4, 0.5) is 11.5 Å². The minimum Gasteiger partial charge on any atom is -0.384 e. The van der Waals surface area contributed by atoms with E-state index in [0.29, 0.717) is 16.9 Å². The van der Waals surface area contributed by atoms with Gasteiger partial charge in [-0.2, -0.15) is 5.10 Å². The lowest BCUT2D eigenvalue weighted by Gasteiger charge is -2.06. The van der Waals surface area contributed by atoms with Gasteiger partial charge in [0.05, 0.1) is 11.1 Å². The van der Waals surface area contributed by atoms with Crippen LogP contribution in [-0.2, 0) is 6.54 Å². The van der Waals surface area contributed by atoms with Crippen molar-refractivity contribution in [3.8, 4) is 0 Å². The molecule has 0 aliphatic carbocycles. The summed E-state index contributed by atoms with van der Waals surface area (Å²) in [6.07, 6.45) is 1.49. The molecule has 8 nitrogen and oxygen atoms in total. The summed E-state index contributed by atoms with van der Waals surface area (Å²) in [7, 11) is 0. The molecule has 0 bridgehead atoms. The quantitative estimate of drug-likeness (QED) is 0.569. The van der Waals surface area contributed by atoms with E-state index in [-0.39, 0.29) is 17.8 Å². The Morgan fingerprint density at radius 2 is 2.30 bits per heavy atom.